The molecule has 0 heterocycles. The molecule has 2 aromatic carbocycles. The van der Waals surface area contributed by atoms with Crippen molar-refractivity contribution in [3.8, 4) is 0 Å². The van der Waals surface area contributed by atoms with Gasteiger partial charge in [-0.2, -0.15) is 0 Å². The number of aryl methyl sites for hydroxylation is 2. The number of amides is 2. The summed E-state index contributed by atoms with van der Waals surface area (Å²) in [5.74, 6) is -0.258. The van der Waals surface area contributed by atoms with Gasteiger partial charge in [-0.3, -0.25) is 9.59 Å². The number of hydrogen-bond donors (Lipinski definition) is 1. The van der Waals surface area contributed by atoms with Gasteiger partial charge < -0.3 is 10.2 Å². The van der Waals surface area contributed by atoms with Crippen LogP contribution in [0.4, 0.5) is 0 Å². The number of carbonyl (C=O) groups is 2. The molecular weight excluding hydrogens is 443 g/mol. The summed E-state index contributed by atoms with van der Waals surface area (Å²) in [6.45, 7) is 5.99. The minimum Gasteiger partial charge on any atom is -0.352 e. The maximum atomic E-state index is 13.5. The molecule has 1 aliphatic carbocycles. The summed E-state index contributed by atoms with van der Waals surface area (Å²) in [6, 6.07) is 10.9. The lowest BCUT2D eigenvalue weighted by Gasteiger charge is -2.31. The van der Waals surface area contributed by atoms with Crippen LogP contribution in [-0.4, -0.2) is 28.8 Å². The average Bonchev–Trinajstić information content (AvgIpc) is 2.73. The molecule has 1 aliphatic rings. The van der Waals surface area contributed by atoms with Crippen LogP contribution >= 0.6 is 23.2 Å². The molecule has 2 amide bonds. The maximum absolute atomic E-state index is 13.5. The second kappa shape index (κ2) is 11.2. The van der Waals surface area contributed by atoms with Crippen molar-refractivity contribution in [3.63, 3.8) is 0 Å². The number of nitrogens with zero attached hydrogens (tertiary/aromatic N) is 1. The summed E-state index contributed by atoms with van der Waals surface area (Å²) in [4.78, 5) is 28.2. The summed E-state index contributed by atoms with van der Waals surface area (Å²) in [5, 5.41) is 4.13. The lowest BCUT2D eigenvalue weighted by atomic mass is 9.95. The van der Waals surface area contributed by atoms with Crippen LogP contribution in [0.2, 0.25) is 10.0 Å². The van der Waals surface area contributed by atoms with E-state index in [-0.39, 0.29) is 30.8 Å². The SMILES string of the molecule is Cc1cc(C)cc(CC(=O)N(Cc2c(Cl)cccc2Cl)[C@H](C)C(=O)NC2CCCCC2)c1. The summed E-state index contributed by atoms with van der Waals surface area (Å²) < 4.78 is 0. The molecular formula is C26H32Cl2N2O2. The first-order valence-electron chi connectivity index (χ1n) is 11.3. The second-order valence-electron chi connectivity index (χ2n) is 8.91. The molecule has 0 unspecified atom stereocenters. The predicted molar refractivity (Wildman–Crippen MR) is 131 cm³/mol. The van der Waals surface area contributed by atoms with Gasteiger partial charge in [0.05, 0.1) is 6.42 Å². The fourth-order valence-electron chi connectivity index (χ4n) is 4.45. The maximum Gasteiger partial charge on any atom is 0.242 e. The number of halogens is 2. The van der Waals surface area contributed by atoms with Gasteiger partial charge in [-0.15, -0.1) is 0 Å². The monoisotopic (exact) mass is 474 g/mol. The van der Waals surface area contributed by atoms with Crippen molar-refractivity contribution in [3.05, 3.63) is 68.7 Å². The highest BCUT2D eigenvalue weighted by atomic mass is 35.5. The fourth-order valence-corrected chi connectivity index (χ4v) is 4.97. The third-order valence-electron chi connectivity index (χ3n) is 6.15. The van der Waals surface area contributed by atoms with E-state index in [1.807, 2.05) is 26.0 Å². The summed E-state index contributed by atoms with van der Waals surface area (Å²) in [7, 11) is 0. The molecule has 0 radical (unpaired) electrons. The Hall–Kier alpha value is -2.04. The van der Waals surface area contributed by atoms with E-state index in [1.165, 1.54) is 6.42 Å². The first kappa shape index (κ1) is 24.6. The van der Waals surface area contributed by atoms with Crippen molar-refractivity contribution < 1.29 is 9.59 Å². The normalized spacial score (nSPS) is 15.3. The summed E-state index contributed by atoms with van der Waals surface area (Å²) in [5.41, 5.74) is 3.80. The van der Waals surface area contributed by atoms with Gasteiger partial charge in [-0.25, -0.2) is 0 Å². The van der Waals surface area contributed by atoms with Crippen LogP contribution in [0.25, 0.3) is 0 Å². The zero-order valence-corrected chi connectivity index (χ0v) is 20.6. The van der Waals surface area contributed by atoms with E-state index in [9.17, 15) is 9.59 Å². The lowest BCUT2D eigenvalue weighted by molar-refractivity contribution is -0.140. The van der Waals surface area contributed by atoms with E-state index in [4.69, 9.17) is 23.2 Å². The van der Waals surface area contributed by atoms with Crippen molar-refractivity contribution in [1.82, 2.24) is 10.2 Å². The van der Waals surface area contributed by atoms with Gasteiger partial charge in [0.1, 0.15) is 6.04 Å². The van der Waals surface area contributed by atoms with E-state index < -0.39 is 6.04 Å². The number of benzene rings is 2. The van der Waals surface area contributed by atoms with E-state index in [0.29, 0.717) is 15.6 Å². The minimum absolute atomic E-state index is 0.128. The van der Waals surface area contributed by atoms with Gasteiger partial charge in [0, 0.05) is 28.2 Å². The topological polar surface area (TPSA) is 49.4 Å². The summed E-state index contributed by atoms with van der Waals surface area (Å²) >= 11 is 12.8. The Balaban J connectivity index is 1.83. The third-order valence-corrected chi connectivity index (χ3v) is 6.85. The standard InChI is InChI=1S/C26H32Cl2N2O2/c1-17-12-18(2)14-20(13-17)15-25(31)30(16-22-23(27)10-7-11-24(22)28)19(3)26(32)29-21-8-5-4-6-9-21/h7,10-14,19,21H,4-6,8-9,15-16H2,1-3H3,(H,29,32)/t19-/m1/s1. The van der Waals surface area contributed by atoms with Gasteiger partial charge in [0.2, 0.25) is 11.8 Å². The molecule has 0 aromatic heterocycles. The Bertz CT molecular complexity index is 930. The Kier molecular flexibility index (Phi) is 8.61. The molecule has 1 fully saturated rings. The molecule has 32 heavy (non-hydrogen) atoms. The zero-order valence-electron chi connectivity index (χ0n) is 19.1. The second-order valence-corrected chi connectivity index (χ2v) is 9.73. The van der Waals surface area contributed by atoms with Crippen LogP contribution < -0.4 is 5.32 Å². The molecule has 1 saturated carbocycles. The van der Waals surface area contributed by atoms with Gasteiger partial charge in [-0.05, 0) is 51.3 Å². The molecule has 1 N–H and O–H groups in total. The number of hydrogen-bond acceptors (Lipinski definition) is 2. The number of carbonyl (C=O) groups excluding carboxylic acids is 2. The number of rotatable bonds is 7. The van der Waals surface area contributed by atoms with Gasteiger partial charge >= 0.3 is 0 Å². The van der Waals surface area contributed by atoms with Crippen LogP contribution in [0.1, 0.15) is 61.3 Å². The molecule has 0 spiro atoms. The van der Waals surface area contributed by atoms with Gasteiger partial charge in [0.15, 0.2) is 0 Å². The molecule has 172 valence electrons. The largest absolute Gasteiger partial charge is 0.352 e. The predicted octanol–water partition coefficient (Wildman–Crippen LogP) is 6.02. The van der Waals surface area contributed by atoms with E-state index in [0.717, 1.165) is 42.4 Å². The molecule has 0 saturated heterocycles. The van der Waals surface area contributed by atoms with Crippen molar-refractivity contribution in [2.75, 3.05) is 0 Å². The third kappa shape index (κ3) is 6.49. The van der Waals surface area contributed by atoms with E-state index >= 15 is 0 Å². The van der Waals surface area contributed by atoms with Crippen LogP contribution in [0.3, 0.4) is 0 Å². The highest BCUT2D eigenvalue weighted by Crippen LogP contribution is 2.27. The minimum atomic E-state index is -0.636. The Morgan fingerprint density at radius 1 is 1.03 bits per heavy atom. The zero-order chi connectivity index (χ0) is 23.3. The molecule has 6 heteroatoms. The molecule has 2 aromatic rings. The smallest absolute Gasteiger partial charge is 0.242 e. The van der Waals surface area contributed by atoms with Crippen LogP contribution in [-0.2, 0) is 22.6 Å². The Morgan fingerprint density at radius 2 is 1.62 bits per heavy atom. The number of nitrogens with one attached hydrogen (secondary N) is 1. The molecule has 1 atom stereocenters. The van der Waals surface area contributed by atoms with E-state index in [2.05, 4.69) is 11.4 Å². The fraction of sp³-hybridized carbons (Fsp3) is 0.462. The molecule has 3 rings (SSSR count). The van der Waals surface area contributed by atoms with Crippen molar-refractivity contribution in [2.45, 2.75) is 77.9 Å². The molecule has 0 bridgehead atoms. The van der Waals surface area contributed by atoms with Crippen molar-refractivity contribution in [2.24, 2.45) is 0 Å². The first-order chi connectivity index (χ1) is 15.2. The lowest BCUT2D eigenvalue weighted by Crippen LogP contribution is -2.50. The Labute approximate surface area is 201 Å². The van der Waals surface area contributed by atoms with Crippen molar-refractivity contribution >= 4 is 35.0 Å². The van der Waals surface area contributed by atoms with Gasteiger partial charge in [-0.1, -0.05) is 77.9 Å². The average molecular weight is 475 g/mol. The van der Waals surface area contributed by atoms with Crippen molar-refractivity contribution in [1.29, 1.82) is 0 Å². The molecule has 0 aliphatic heterocycles. The van der Waals surface area contributed by atoms with Crippen LogP contribution in [0, 0.1) is 13.8 Å². The highest BCUT2D eigenvalue weighted by molar-refractivity contribution is 6.36. The quantitative estimate of drug-likeness (QED) is 0.533. The van der Waals surface area contributed by atoms with Gasteiger partial charge in [0.25, 0.3) is 0 Å². The first-order valence-corrected chi connectivity index (χ1v) is 12.1. The Morgan fingerprint density at radius 3 is 2.22 bits per heavy atom. The van der Waals surface area contributed by atoms with E-state index in [1.54, 1.807) is 30.0 Å². The summed E-state index contributed by atoms with van der Waals surface area (Å²) in [6.07, 6.45) is 5.67. The highest BCUT2D eigenvalue weighted by Gasteiger charge is 2.29. The van der Waals surface area contributed by atoms with Crippen LogP contribution in [0.15, 0.2) is 36.4 Å². The van der Waals surface area contributed by atoms with Crippen LogP contribution in [0.5, 0.6) is 0 Å². The molecule has 4 nitrogen and oxygen atoms in total.